The number of benzene rings is 3. The van der Waals surface area contributed by atoms with Gasteiger partial charge in [0.25, 0.3) is 0 Å². The Morgan fingerprint density at radius 1 is 1.07 bits per heavy atom. The van der Waals surface area contributed by atoms with Crippen LogP contribution in [-0.4, -0.2) is 42.9 Å². The van der Waals surface area contributed by atoms with Gasteiger partial charge in [-0.25, -0.2) is 4.79 Å². The van der Waals surface area contributed by atoms with E-state index in [0.29, 0.717) is 5.70 Å². The van der Waals surface area contributed by atoms with Gasteiger partial charge in [0.05, 0.1) is 12.2 Å². The second kappa shape index (κ2) is 14.3. The van der Waals surface area contributed by atoms with Crippen LogP contribution in [0, 0.1) is 17.2 Å². The smallest absolute Gasteiger partial charge is 0.341 e. The lowest BCUT2D eigenvalue weighted by molar-refractivity contribution is -0.137. The Labute approximate surface area is 273 Å². The summed E-state index contributed by atoms with van der Waals surface area (Å²) in [6.45, 7) is 10.2. The van der Waals surface area contributed by atoms with Crippen molar-refractivity contribution in [1.29, 1.82) is 5.41 Å². The predicted molar refractivity (Wildman–Crippen MR) is 185 cm³/mol. The SMILES string of the molecule is CCOC(=O)/C(C=N)=C(/Nc1cccc(-c2cccc(CN3CC(C)(C)Oc4ccccc4C3CC)c2)c1)[C@@H]1CC1/C(N)=C/NC. The van der Waals surface area contributed by atoms with Crippen molar-refractivity contribution in [2.75, 3.05) is 25.5 Å². The van der Waals surface area contributed by atoms with E-state index in [4.69, 9.17) is 20.6 Å². The average Bonchev–Trinajstić information content (AvgIpc) is 3.84. The van der Waals surface area contributed by atoms with Gasteiger partial charge in [0, 0.05) is 73.1 Å². The van der Waals surface area contributed by atoms with Crippen LogP contribution in [0.25, 0.3) is 11.1 Å². The first kappa shape index (κ1) is 32.8. The number of hydrogen-bond acceptors (Lipinski definition) is 8. The summed E-state index contributed by atoms with van der Waals surface area (Å²) in [4.78, 5) is 15.4. The number of carbonyl (C=O) groups is 1. The topological polar surface area (TPSA) is 113 Å². The normalized spacial score (nSPS) is 21.2. The van der Waals surface area contributed by atoms with Gasteiger partial charge in [0.15, 0.2) is 0 Å². The highest BCUT2D eigenvalue weighted by molar-refractivity contribution is 6.10. The zero-order chi connectivity index (χ0) is 32.8. The molecule has 2 unspecified atom stereocenters. The summed E-state index contributed by atoms with van der Waals surface area (Å²) in [5, 5.41) is 14.5. The Bertz CT molecular complexity index is 1630. The van der Waals surface area contributed by atoms with Crippen LogP contribution in [0.5, 0.6) is 5.75 Å². The maximum absolute atomic E-state index is 12.9. The number of esters is 1. The molecular formula is C38H47N5O3. The number of anilines is 1. The quantitative estimate of drug-likeness (QED) is 0.0978. The van der Waals surface area contributed by atoms with Crippen LogP contribution in [0.15, 0.2) is 96.0 Å². The maximum Gasteiger partial charge on any atom is 0.341 e. The number of hydrogen-bond donors (Lipinski definition) is 4. The Hall–Kier alpha value is -4.56. The van der Waals surface area contributed by atoms with Crippen LogP contribution in [-0.2, 0) is 16.1 Å². The monoisotopic (exact) mass is 621 g/mol. The van der Waals surface area contributed by atoms with Crippen molar-refractivity contribution in [2.24, 2.45) is 17.6 Å². The van der Waals surface area contributed by atoms with Crippen molar-refractivity contribution in [3.05, 3.63) is 107 Å². The van der Waals surface area contributed by atoms with Gasteiger partial charge in [0.1, 0.15) is 11.4 Å². The Morgan fingerprint density at radius 3 is 2.52 bits per heavy atom. The van der Waals surface area contributed by atoms with Gasteiger partial charge in [-0.2, -0.15) is 0 Å². The highest BCUT2D eigenvalue weighted by atomic mass is 16.5. The second-order valence-corrected chi connectivity index (χ2v) is 12.7. The molecule has 46 heavy (non-hydrogen) atoms. The van der Waals surface area contributed by atoms with Gasteiger partial charge in [0.2, 0.25) is 0 Å². The Balaban J connectivity index is 1.42. The molecule has 1 aliphatic carbocycles. The predicted octanol–water partition coefficient (Wildman–Crippen LogP) is 7.01. The lowest BCUT2D eigenvalue weighted by atomic mass is 9.98. The van der Waals surface area contributed by atoms with Crippen LogP contribution in [0.3, 0.4) is 0 Å². The van der Waals surface area contributed by atoms with Crippen molar-refractivity contribution in [2.45, 2.75) is 58.7 Å². The van der Waals surface area contributed by atoms with Gasteiger partial charge in [-0.15, -0.1) is 0 Å². The number of nitrogens with one attached hydrogen (secondary N) is 3. The van der Waals surface area contributed by atoms with E-state index in [9.17, 15) is 4.79 Å². The molecule has 3 atom stereocenters. The number of nitrogens with two attached hydrogens (primary N) is 1. The molecule has 0 spiro atoms. The van der Waals surface area contributed by atoms with Gasteiger partial charge in [-0.1, -0.05) is 55.5 Å². The van der Waals surface area contributed by atoms with E-state index < -0.39 is 5.97 Å². The summed E-state index contributed by atoms with van der Waals surface area (Å²) in [7, 11) is 1.81. The van der Waals surface area contributed by atoms with E-state index in [-0.39, 0.29) is 35.7 Å². The molecule has 242 valence electrons. The molecule has 0 saturated heterocycles. The number of rotatable bonds is 12. The van der Waals surface area contributed by atoms with Crippen molar-refractivity contribution in [1.82, 2.24) is 10.2 Å². The van der Waals surface area contributed by atoms with E-state index >= 15 is 0 Å². The van der Waals surface area contributed by atoms with Gasteiger partial charge < -0.3 is 31.3 Å². The van der Waals surface area contributed by atoms with E-state index in [1.807, 2.05) is 25.2 Å². The van der Waals surface area contributed by atoms with E-state index in [1.165, 1.54) is 11.1 Å². The van der Waals surface area contributed by atoms with Crippen molar-refractivity contribution in [3.63, 3.8) is 0 Å². The third-order valence-electron chi connectivity index (χ3n) is 8.69. The summed E-state index contributed by atoms with van der Waals surface area (Å²) in [6, 6.07) is 25.5. The number of ether oxygens (including phenoxy) is 2. The molecule has 8 heteroatoms. The van der Waals surface area contributed by atoms with Gasteiger partial charge >= 0.3 is 5.97 Å². The summed E-state index contributed by atoms with van der Waals surface area (Å²) < 4.78 is 11.8. The molecule has 2 aliphatic rings. The third-order valence-corrected chi connectivity index (χ3v) is 8.69. The Kier molecular flexibility index (Phi) is 10.2. The van der Waals surface area contributed by atoms with Gasteiger partial charge in [-0.3, -0.25) is 4.90 Å². The lowest BCUT2D eigenvalue weighted by Gasteiger charge is -2.33. The zero-order valence-electron chi connectivity index (χ0n) is 27.6. The molecule has 1 heterocycles. The van der Waals surface area contributed by atoms with Crippen LogP contribution in [0.2, 0.25) is 0 Å². The molecular weight excluding hydrogens is 574 g/mol. The first-order valence-corrected chi connectivity index (χ1v) is 16.2. The number of nitrogens with zero attached hydrogens (tertiary/aromatic N) is 1. The number of para-hydroxylation sites is 1. The highest BCUT2D eigenvalue weighted by Gasteiger charge is 2.44. The molecule has 0 bridgehead atoms. The molecule has 1 saturated carbocycles. The summed E-state index contributed by atoms with van der Waals surface area (Å²) in [6.07, 6.45) is 4.64. The second-order valence-electron chi connectivity index (χ2n) is 12.7. The third kappa shape index (κ3) is 7.45. The molecule has 8 nitrogen and oxygen atoms in total. The molecule has 1 fully saturated rings. The van der Waals surface area contributed by atoms with Crippen LogP contribution < -0.4 is 21.1 Å². The number of allylic oxidation sites excluding steroid dienone is 2. The van der Waals surface area contributed by atoms with Crippen LogP contribution >= 0.6 is 0 Å². The molecule has 5 rings (SSSR count). The molecule has 1 aliphatic heterocycles. The van der Waals surface area contributed by atoms with E-state index in [0.717, 1.165) is 60.4 Å². The first-order valence-electron chi connectivity index (χ1n) is 16.2. The number of carbonyl (C=O) groups excluding carboxylic acids is 1. The van der Waals surface area contributed by atoms with Crippen LogP contribution in [0.1, 0.15) is 57.7 Å². The fourth-order valence-corrected chi connectivity index (χ4v) is 6.61. The van der Waals surface area contributed by atoms with Crippen molar-refractivity contribution in [3.8, 4) is 16.9 Å². The zero-order valence-corrected chi connectivity index (χ0v) is 27.6. The summed E-state index contributed by atoms with van der Waals surface area (Å²) >= 11 is 0. The summed E-state index contributed by atoms with van der Waals surface area (Å²) in [5.74, 6) is 0.519. The fourth-order valence-electron chi connectivity index (χ4n) is 6.61. The van der Waals surface area contributed by atoms with E-state index in [1.54, 1.807) is 13.1 Å². The van der Waals surface area contributed by atoms with Crippen molar-refractivity contribution >= 4 is 17.9 Å². The summed E-state index contributed by atoms with van der Waals surface area (Å²) in [5.41, 5.74) is 13.0. The molecule has 0 radical (unpaired) electrons. The maximum atomic E-state index is 12.9. The molecule has 0 aromatic heterocycles. The Morgan fingerprint density at radius 2 is 1.80 bits per heavy atom. The molecule has 3 aromatic carbocycles. The molecule has 0 amide bonds. The lowest BCUT2D eigenvalue weighted by Crippen LogP contribution is -2.41. The number of fused-ring (bicyclic) bond motifs is 1. The minimum absolute atomic E-state index is 0.0175. The standard InChI is InChI=1S/C38H47N5O3/c1-6-34-29-16-8-9-17-35(29)46-38(3,4)24-43(34)23-25-12-10-13-26(18-25)27-14-11-15-28(19-27)42-36(32(21-39)37(44)45-7-2)31-20-30(31)33(40)22-41-5/h8-19,21-22,30-31,34,39,41-42H,6-7,20,23-24,40H2,1-5H3/b33-22-,36-32+,39-21?/t30?,31-,34?/m1/s1. The minimum atomic E-state index is -0.513. The average molecular weight is 622 g/mol. The van der Waals surface area contributed by atoms with Gasteiger partial charge in [-0.05, 0) is 74.6 Å². The molecule has 3 aromatic rings. The molecule has 5 N–H and O–H groups in total. The first-order chi connectivity index (χ1) is 22.2. The minimum Gasteiger partial charge on any atom is -0.486 e. The van der Waals surface area contributed by atoms with Crippen molar-refractivity contribution < 1.29 is 14.3 Å². The largest absolute Gasteiger partial charge is 0.486 e. The fraction of sp³-hybridized carbons (Fsp3) is 0.368. The highest BCUT2D eigenvalue weighted by Crippen LogP contribution is 2.48. The van der Waals surface area contributed by atoms with Crippen LogP contribution in [0.4, 0.5) is 5.69 Å². The van der Waals surface area contributed by atoms with E-state index in [2.05, 4.69) is 90.9 Å².